The molecular weight excluding hydrogens is 292 g/mol. The SMILES string of the molecule is Cc1cc2c(N(C)Cc3cscn3)nc(NN)nc2s1. The number of hydrogen-bond acceptors (Lipinski definition) is 8. The summed E-state index contributed by atoms with van der Waals surface area (Å²) in [6.07, 6.45) is 0. The van der Waals surface area contributed by atoms with Crippen LogP contribution in [-0.4, -0.2) is 22.0 Å². The van der Waals surface area contributed by atoms with Crippen molar-refractivity contribution in [2.45, 2.75) is 13.5 Å². The number of aromatic nitrogens is 3. The number of hydrazine groups is 1. The van der Waals surface area contributed by atoms with Gasteiger partial charge in [-0.25, -0.2) is 15.8 Å². The van der Waals surface area contributed by atoms with Gasteiger partial charge >= 0.3 is 0 Å². The normalized spacial score (nSPS) is 10.9. The van der Waals surface area contributed by atoms with E-state index in [1.165, 1.54) is 4.88 Å². The van der Waals surface area contributed by atoms with Gasteiger partial charge in [-0.3, -0.25) is 5.43 Å². The maximum atomic E-state index is 5.45. The number of rotatable bonds is 4. The van der Waals surface area contributed by atoms with Gasteiger partial charge in [0.25, 0.3) is 0 Å². The van der Waals surface area contributed by atoms with Crippen LogP contribution in [0.1, 0.15) is 10.6 Å². The largest absolute Gasteiger partial charge is 0.353 e. The average Bonchev–Trinajstić information content (AvgIpc) is 3.05. The molecule has 0 atom stereocenters. The Labute approximate surface area is 124 Å². The van der Waals surface area contributed by atoms with E-state index < -0.39 is 0 Å². The van der Waals surface area contributed by atoms with Crippen LogP contribution in [0, 0.1) is 6.92 Å². The molecular formula is C12H14N6S2. The number of nitrogens with zero attached hydrogens (tertiary/aromatic N) is 4. The molecule has 3 rings (SSSR count). The molecule has 6 nitrogen and oxygen atoms in total. The zero-order valence-corrected chi connectivity index (χ0v) is 12.8. The van der Waals surface area contributed by atoms with E-state index in [9.17, 15) is 0 Å². The molecule has 104 valence electrons. The summed E-state index contributed by atoms with van der Waals surface area (Å²) in [6.45, 7) is 2.76. The lowest BCUT2D eigenvalue weighted by Crippen LogP contribution is -2.20. The highest BCUT2D eigenvalue weighted by Gasteiger charge is 2.14. The van der Waals surface area contributed by atoms with E-state index in [0.29, 0.717) is 12.5 Å². The van der Waals surface area contributed by atoms with E-state index in [2.05, 4.69) is 38.3 Å². The Morgan fingerprint density at radius 2 is 2.25 bits per heavy atom. The number of fused-ring (bicyclic) bond motifs is 1. The van der Waals surface area contributed by atoms with Gasteiger partial charge in [-0.2, -0.15) is 4.98 Å². The monoisotopic (exact) mass is 306 g/mol. The fraction of sp³-hybridized carbons (Fsp3) is 0.250. The standard InChI is InChI=1S/C12H14N6S2/c1-7-3-9-10(15-12(17-13)16-11(9)20-7)18(2)4-8-5-19-6-14-8/h3,5-6H,4,13H2,1-2H3,(H,15,16,17). The molecule has 0 saturated carbocycles. The fourth-order valence-corrected chi connectivity index (χ4v) is 3.44. The van der Waals surface area contributed by atoms with Crippen LogP contribution in [0.25, 0.3) is 10.2 Å². The predicted octanol–water partition coefficient (Wildman–Crippen LogP) is 2.38. The van der Waals surface area contributed by atoms with E-state index >= 15 is 0 Å². The van der Waals surface area contributed by atoms with Crippen molar-refractivity contribution in [3.05, 3.63) is 27.5 Å². The van der Waals surface area contributed by atoms with Crippen molar-refractivity contribution in [2.24, 2.45) is 5.84 Å². The van der Waals surface area contributed by atoms with Crippen molar-refractivity contribution in [2.75, 3.05) is 17.4 Å². The van der Waals surface area contributed by atoms with Gasteiger partial charge in [0.15, 0.2) is 0 Å². The van der Waals surface area contributed by atoms with Crippen LogP contribution in [0.5, 0.6) is 0 Å². The van der Waals surface area contributed by atoms with Gasteiger partial charge in [0.2, 0.25) is 5.95 Å². The minimum atomic E-state index is 0.430. The number of aryl methyl sites for hydroxylation is 1. The Kier molecular flexibility index (Phi) is 3.51. The smallest absolute Gasteiger partial charge is 0.240 e. The highest BCUT2D eigenvalue weighted by atomic mass is 32.1. The van der Waals surface area contributed by atoms with Gasteiger partial charge < -0.3 is 4.90 Å². The number of nitrogen functional groups attached to an aromatic ring is 1. The summed E-state index contributed by atoms with van der Waals surface area (Å²) in [4.78, 5) is 17.4. The van der Waals surface area contributed by atoms with E-state index in [1.54, 1.807) is 22.7 Å². The molecule has 0 fully saturated rings. The lowest BCUT2D eigenvalue weighted by Gasteiger charge is -2.18. The second-order valence-corrected chi connectivity index (χ2v) is 6.38. The summed E-state index contributed by atoms with van der Waals surface area (Å²) in [5.74, 6) is 6.74. The highest BCUT2D eigenvalue weighted by molar-refractivity contribution is 7.18. The van der Waals surface area contributed by atoms with Gasteiger partial charge in [0, 0.05) is 17.3 Å². The Morgan fingerprint density at radius 1 is 1.40 bits per heavy atom. The first kappa shape index (κ1) is 13.2. The molecule has 0 aliphatic heterocycles. The molecule has 0 unspecified atom stereocenters. The Bertz CT molecular complexity index is 721. The Hall–Kier alpha value is -1.77. The number of anilines is 2. The minimum Gasteiger partial charge on any atom is -0.353 e. The molecule has 3 heterocycles. The predicted molar refractivity (Wildman–Crippen MR) is 84.2 cm³/mol. The lowest BCUT2D eigenvalue weighted by molar-refractivity contribution is 0.877. The van der Waals surface area contributed by atoms with Gasteiger partial charge in [-0.15, -0.1) is 22.7 Å². The molecule has 3 aromatic rings. The first-order chi connectivity index (χ1) is 9.67. The summed E-state index contributed by atoms with van der Waals surface area (Å²) in [7, 11) is 1.99. The van der Waals surface area contributed by atoms with E-state index in [1.807, 2.05) is 17.9 Å². The van der Waals surface area contributed by atoms with Crippen molar-refractivity contribution >= 4 is 44.7 Å². The van der Waals surface area contributed by atoms with Crippen LogP contribution >= 0.6 is 22.7 Å². The van der Waals surface area contributed by atoms with Crippen LogP contribution in [0.2, 0.25) is 0 Å². The van der Waals surface area contributed by atoms with Crippen molar-refractivity contribution < 1.29 is 0 Å². The number of thiazole rings is 1. The first-order valence-corrected chi connectivity index (χ1v) is 7.76. The van der Waals surface area contributed by atoms with Gasteiger partial charge in [-0.05, 0) is 13.0 Å². The first-order valence-electron chi connectivity index (χ1n) is 6.00. The number of thiophene rings is 1. The topological polar surface area (TPSA) is 80.0 Å². The van der Waals surface area contributed by atoms with Crippen molar-refractivity contribution in [3.8, 4) is 0 Å². The second-order valence-electron chi connectivity index (χ2n) is 4.43. The molecule has 8 heteroatoms. The zero-order chi connectivity index (χ0) is 14.1. The molecule has 3 N–H and O–H groups in total. The van der Waals surface area contributed by atoms with Crippen LogP contribution < -0.4 is 16.2 Å². The second kappa shape index (κ2) is 5.31. The molecule has 3 aromatic heterocycles. The maximum Gasteiger partial charge on any atom is 0.240 e. The van der Waals surface area contributed by atoms with Gasteiger partial charge in [0.05, 0.1) is 23.1 Å². The van der Waals surface area contributed by atoms with Crippen LogP contribution in [0.15, 0.2) is 17.0 Å². The van der Waals surface area contributed by atoms with E-state index in [-0.39, 0.29) is 0 Å². The number of nitrogens with one attached hydrogen (secondary N) is 1. The molecule has 0 radical (unpaired) electrons. The van der Waals surface area contributed by atoms with E-state index in [0.717, 1.165) is 21.7 Å². The van der Waals surface area contributed by atoms with Gasteiger partial charge in [-0.1, -0.05) is 0 Å². The summed E-state index contributed by atoms with van der Waals surface area (Å²) in [5, 5.41) is 3.08. The quantitative estimate of drug-likeness (QED) is 0.569. The van der Waals surface area contributed by atoms with Crippen LogP contribution in [-0.2, 0) is 6.54 Å². The van der Waals surface area contributed by atoms with Crippen molar-refractivity contribution in [1.82, 2.24) is 15.0 Å². The lowest BCUT2D eigenvalue weighted by atomic mass is 10.3. The molecule has 0 aliphatic carbocycles. The third kappa shape index (κ3) is 2.45. The molecule has 20 heavy (non-hydrogen) atoms. The van der Waals surface area contributed by atoms with Crippen LogP contribution in [0.4, 0.5) is 11.8 Å². The number of nitrogens with two attached hydrogens (primary N) is 1. The van der Waals surface area contributed by atoms with Crippen LogP contribution in [0.3, 0.4) is 0 Å². The fourth-order valence-electron chi connectivity index (χ4n) is 2.02. The number of hydrogen-bond donors (Lipinski definition) is 2. The van der Waals surface area contributed by atoms with Gasteiger partial charge in [0.1, 0.15) is 10.6 Å². The third-order valence-electron chi connectivity index (χ3n) is 2.87. The third-order valence-corrected chi connectivity index (χ3v) is 4.45. The summed E-state index contributed by atoms with van der Waals surface area (Å²) in [6, 6.07) is 2.10. The highest BCUT2D eigenvalue weighted by Crippen LogP contribution is 2.31. The van der Waals surface area contributed by atoms with Crippen molar-refractivity contribution in [1.29, 1.82) is 0 Å². The average molecular weight is 306 g/mol. The Morgan fingerprint density at radius 3 is 2.95 bits per heavy atom. The molecule has 0 spiro atoms. The molecule has 0 amide bonds. The minimum absolute atomic E-state index is 0.430. The molecule has 0 saturated heterocycles. The molecule has 0 bridgehead atoms. The van der Waals surface area contributed by atoms with E-state index in [4.69, 9.17) is 5.84 Å². The summed E-state index contributed by atoms with van der Waals surface area (Å²) in [5.41, 5.74) is 5.39. The Balaban J connectivity index is 2.04. The maximum absolute atomic E-state index is 5.45. The molecule has 0 aliphatic rings. The summed E-state index contributed by atoms with van der Waals surface area (Å²) >= 11 is 3.23. The zero-order valence-electron chi connectivity index (χ0n) is 11.1. The summed E-state index contributed by atoms with van der Waals surface area (Å²) < 4.78 is 0. The van der Waals surface area contributed by atoms with Crippen molar-refractivity contribution in [3.63, 3.8) is 0 Å². The molecule has 0 aromatic carbocycles.